The molecule has 1 aliphatic rings. The van der Waals surface area contributed by atoms with Crippen LogP contribution in [-0.2, 0) is 4.79 Å². The molecule has 0 bridgehead atoms. The van der Waals surface area contributed by atoms with E-state index in [1.807, 2.05) is 18.2 Å². The molecule has 2 aromatic rings. The molecule has 6 nitrogen and oxygen atoms in total. The number of hydrogen-bond acceptors (Lipinski definition) is 5. The van der Waals surface area contributed by atoms with E-state index in [1.54, 1.807) is 37.3 Å². The predicted molar refractivity (Wildman–Crippen MR) is 86.2 cm³/mol. The summed E-state index contributed by atoms with van der Waals surface area (Å²) < 4.78 is 0. The second kappa shape index (κ2) is 5.69. The van der Waals surface area contributed by atoms with E-state index in [0.717, 1.165) is 0 Å². The Kier molecular flexibility index (Phi) is 3.57. The van der Waals surface area contributed by atoms with Crippen LogP contribution in [0.3, 0.4) is 0 Å². The van der Waals surface area contributed by atoms with Crippen LogP contribution in [0.15, 0.2) is 64.8 Å². The molecular formula is C16H14N4O2. The van der Waals surface area contributed by atoms with Crippen molar-refractivity contribution in [1.82, 2.24) is 0 Å². The van der Waals surface area contributed by atoms with Crippen LogP contribution in [0.25, 0.3) is 0 Å². The molecule has 0 aromatic heterocycles. The number of carbonyl (C=O) groups is 1. The van der Waals surface area contributed by atoms with Gasteiger partial charge < -0.3 is 5.11 Å². The van der Waals surface area contributed by atoms with Gasteiger partial charge in [-0.1, -0.05) is 24.3 Å². The summed E-state index contributed by atoms with van der Waals surface area (Å²) >= 11 is 0. The lowest BCUT2D eigenvalue weighted by Gasteiger charge is -2.10. The molecule has 0 saturated heterocycles. The van der Waals surface area contributed by atoms with Gasteiger partial charge in [0.25, 0.3) is 0 Å². The van der Waals surface area contributed by atoms with Gasteiger partial charge in [-0.15, -0.1) is 0 Å². The first-order chi connectivity index (χ1) is 10.6. The van der Waals surface area contributed by atoms with Crippen LogP contribution in [0, 0.1) is 0 Å². The molecule has 1 heterocycles. The molecule has 0 fully saturated rings. The molecule has 2 aromatic carbocycles. The minimum absolute atomic E-state index is 0.124. The van der Waals surface area contributed by atoms with Gasteiger partial charge in [-0.05, 0) is 31.2 Å². The zero-order valence-electron chi connectivity index (χ0n) is 11.9. The van der Waals surface area contributed by atoms with Crippen LogP contribution in [0.1, 0.15) is 6.92 Å². The number of nitrogens with zero attached hydrogens (tertiary/aromatic N) is 3. The summed E-state index contributed by atoms with van der Waals surface area (Å²) in [6.07, 6.45) is 0. The highest BCUT2D eigenvalue weighted by atomic mass is 16.3. The number of carbonyl (C=O) groups excluding carboxylic acids is 1. The summed E-state index contributed by atoms with van der Waals surface area (Å²) in [6, 6.07) is 15.7. The monoisotopic (exact) mass is 294 g/mol. The minimum atomic E-state index is -0.295. The van der Waals surface area contributed by atoms with Crippen molar-refractivity contribution in [3.8, 4) is 5.75 Å². The van der Waals surface area contributed by atoms with E-state index in [0.29, 0.717) is 17.1 Å². The van der Waals surface area contributed by atoms with Gasteiger partial charge in [0.2, 0.25) is 0 Å². The first kappa shape index (κ1) is 13.8. The summed E-state index contributed by atoms with van der Waals surface area (Å²) in [6.45, 7) is 1.73. The molecule has 3 rings (SSSR count). The SMILES string of the molecule is CC1=NN(c2ccccc2)C(=O)/C1=N/Nc1cccc(O)c1. The average Bonchev–Trinajstić information content (AvgIpc) is 2.81. The molecule has 22 heavy (non-hydrogen) atoms. The lowest BCUT2D eigenvalue weighted by Crippen LogP contribution is -2.27. The Labute approximate surface area is 127 Å². The van der Waals surface area contributed by atoms with Crippen LogP contribution in [-0.4, -0.2) is 22.4 Å². The van der Waals surface area contributed by atoms with Crippen LogP contribution < -0.4 is 10.4 Å². The van der Waals surface area contributed by atoms with Crippen LogP contribution in [0.4, 0.5) is 11.4 Å². The van der Waals surface area contributed by atoms with Crippen LogP contribution in [0.2, 0.25) is 0 Å². The highest BCUT2D eigenvalue weighted by Crippen LogP contribution is 2.20. The van der Waals surface area contributed by atoms with Gasteiger partial charge >= 0.3 is 5.91 Å². The number of phenols is 1. The number of hydrogen-bond donors (Lipinski definition) is 2. The lowest BCUT2D eigenvalue weighted by molar-refractivity contribution is -0.112. The van der Waals surface area contributed by atoms with E-state index in [4.69, 9.17) is 0 Å². The maximum atomic E-state index is 12.4. The Morgan fingerprint density at radius 2 is 1.91 bits per heavy atom. The Morgan fingerprint density at radius 3 is 2.64 bits per heavy atom. The largest absolute Gasteiger partial charge is 0.508 e. The number of hydrazone groups is 2. The third-order valence-electron chi connectivity index (χ3n) is 3.13. The zero-order valence-corrected chi connectivity index (χ0v) is 11.9. The van der Waals surface area contributed by atoms with E-state index in [1.165, 1.54) is 11.1 Å². The first-order valence-corrected chi connectivity index (χ1v) is 6.73. The van der Waals surface area contributed by atoms with Gasteiger partial charge in [0.15, 0.2) is 5.71 Å². The molecule has 2 N–H and O–H groups in total. The molecular weight excluding hydrogens is 280 g/mol. The molecule has 110 valence electrons. The number of phenolic OH excluding ortho intramolecular Hbond substituents is 1. The molecule has 0 radical (unpaired) electrons. The topological polar surface area (TPSA) is 77.3 Å². The third kappa shape index (κ3) is 2.67. The highest BCUT2D eigenvalue weighted by molar-refractivity contribution is 6.71. The summed E-state index contributed by atoms with van der Waals surface area (Å²) in [5.41, 5.74) is 4.81. The number of nitrogens with one attached hydrogen (secondary N) is 1. The zero-order chi connectivity index (χ0) is 15.5. The third-order valence-corrected chi connectivity index (χ3v) is 3.13. The molecule has 0 spiro atoms. The number of para-hydroxylation sites is 1. The second-order valence-corrected chi connectivity index (χ2v) is 4.76. The molecule has 1 amide bonds. The van der Waals surface area contributed by atoms with Crippen LogP contribution >= 0.6 is 0 Å². The number of rotatable bonds is 3. The molecule has 0 aliphatic carbocycles. The van der Waals surface area contributed by atoms with E-state index in [9.17, 15) is 9.90 Å². The minimum Gasteiger partial charge on any atom is -0.508 e. The fourth-order valence-corrected chi connectivity index (χ4v) is 2.07. The lowest BCUT2D eigenvalue weighted by atomic mass is 10.2. The van der Waals surface area contributed by atoms with E-state index >= 15 is 0 Å². The van der Waals surface area contributed by atoms with E-state index in [2.05, 4.69) is 15.6 Å². The van der Waals surface area contributed by atoms with E-state index in [-0.39, 0.29) is 17.4 Å². The Bertz CT molecular complexity index is 769. The Hall–Kier alpha value is -3.15. The molecule has 6 heteroatoms. The standard InChI is InChI=1S/C16H14N4O2/c1-11-15(18-17-12-6-5-9-14(21)10-12)16(22)20(19-11)13-7-3-2-4-8-13/h2-10,17,21H,1H3/b18-15+. The van der Waals surface area contributed by atoms with Crippen molar-refractivity contribution >= 4 is 28.7 Å². The molecule has 1 aliphatic heterocycles. The van der Waals surface area contributed by atoms with Gasteiger partial charge in [-0.2, -0.15) is 15.2 Å². The van der Waals surface area contributed by atoms with Gasteiger partial charge in [0, 0.05) is 6.07 Å². The Morgan fingerprint density at radius 1 is 1.14 bits per heavy atom. The first-order valence-electron chi connectivity index (χ1n) is 6.73. The molecule has 0 atom stereocenters. The normalized spacial score (nSPS) is 16.0. The van der Waals surface area contributed by atoms with Gasteiger partial charge in [-0.3, -0.25) is 10.2 Å². The number of amides is 1. The second-order valence-electron chi connectivity index (χ2n) is 4.76. The quantitative estimate of drug-likeness (QED) is 0.854. The summed E-state index contributed by atoms with van der Waals surface area (Å²) in [7, 11) is 0. The Balaban J connectivity index is 1.82. The summed E-state index contributed by atoms with van der Waals surface area (Å²) in [5, 5.41) is 19.1. The molecule has 0 unspecified atom stereocenters. The van der Waals surface area contributed by atoms with Crippen molar-refractivity contribution in [3.05, 3.63) is 54.6 Å². The average molecular weight is 294 g/mol. The van der Waals surface area contributed by atoms with Gasteiger partial charge in [0.05, 0.1) is 17.1 Å². The van der Waals surface area contributed by atoms with Crippen LogP contribution in [0.5, 0.6) is 5.75 Å². The summed E-state index contributed by atoms with van der Waals surface area (Å²) in [4.78, 5) is 12.4. The van der Waals surface area contributed by atoms with Gasteiger partial charge in [-0.25, -0.2) is 0 Å². The smallest absolute Gasteiger partial charge is 0.301 e. The van der Waals surface area contributed by atoms with Gasteiger partial charge in [0.1, 0.15) is 5.75 Å². The van der Waals surface area contributed by atoms with E-state index < -0.39 is 0 Å². The fraction of sp³-hybridized carbons (Fsp3) is 0.0625. The maximum Gasteiger partial charge on any atom is 0.301 e. The predicted octanol–water partition coefficient (Wildman–Crippen LogP) is 2.58. The number of anilines is 2. The summed E-state index contributed by atoms with van der Waals surface area (Å²) in [5.74, 6) is -0.171. The number of aromatic hydroxyl groups is 1. The number of benzene rings is 2. The highest BCUT2D eigenvalue weighted by Gasteiger charge is 2.30. The van der Waals surface area contributed by atoms with Crippen molar-refractivity contribution in [2.75, 3.05) is 10.4 Å². The van der Waals surface area contributed by atoms with Crippen molar-refractivity contribution in [2.24, 2.45) is 10.2 Å². The van der Waals surface area contributed by atoms with Crippen molar-refractivity contribution in [1.29, 1.82) is 0 Å². The fourth-order valence-electron chi connectivity index (χ4n) is 2.07. The van der Waals surface area contributed by atoms with Crippen molar-refractivity contribution < 1.29 is 9.90 Å². The maximum absolute atomic E-state index is 12.4. The van der Waals surface area contributed by atoms with Crippen molar-refractivity contribution in [2.45, 2.75) is 6.92 Å². The molecule has 0 saturated carbocycles. The van der Waals surface area contributed by atoms with Crippen molar-refractivity contribution in [3.63, 3.8) is 0 Å².